The number of aromatic nitrogens is 1. The number of carbonyl (C=O) groups excluding carboxylic acids is 2. The molecule has 1 amide bonds. The number of nitrogens with zero attached hydrogens (tertiary/aromatic N) is 1. The molecular formula is C32H33N3O4. The van der Waals surface area contributed by atoms with Crippen LogP contribution < -0.4 is 20.1 Å². The largest absolute Gasteiger partial charge is 0.497 e. The van der Waals surface area contributed by atoms with Crippen LogP contribution >= 0.6 is 0 Å². The van der Waals surface area contributed by atoms with Crippen molar-refractivity contribution in [2.45, 2.75) is 45.4 Å². The van der Waals surface area contributed by atoms with Crippen LogP contribution in [0.2, 0.25) is 0 Å². The third-order valence-electron chi connectivity index (χ3n) is 7.34. The molecule has 2 aromatic carbocycles. The van der Waals surface area contributed by atoms with E-state index < -0.39 is 5.92 Å². The molecule has 7 nitrogen and oxygen atoms in total. The van der Waals surface area contributed by atoms with Crippen molar-refractivity contribution in [2.75, 3.05) is 19.0 Å². The maximum absolute atomic E-state index is 13.9. The number of pyridine rings is 1. The predicted molar refractivity (Wildman–Crippen MR) is 151 cm³/mol. The average Bonchev–Trinajstić information content (AvgIpc) is 2.93. The Bertz CT molecular complexity index is 1460. The molecular weight excluding hydrogens is 490 g/mol. The van der Waals surface area contributed by atoms with E-state index in [0.29, 0.717) is 36.4 Å². The number of carbonyl (C=O) groups is 2. The summed E-state index contributed by atoms with van der Waals surface area (Å²) in [7, 11) is 1.64. The zero-order chi connectivity index (χ0) is 27.5. The monoisotopic (exact) mass is 523 g/mol. The highest BCUT2D eigenvalue weighted by molar-refractivity contribution is 6.09. The average molecular weight is 524 g/mol. The van der Waals surface area contributed by atoms with Crippen LogP contribution in [0.1, 0.15) is 55.2 Å². The second-order valence-corrected chi connectivity index (χ2v) is 9.97. The normalized spacial score (nSPS) is 18.8. The Hall–Kier alpha value is -4.39. The Morgan fingerprint density at radius 3 is 2.36 bits per heavy atom. The molecule has 1 aliphatic carbocycles. The zero-order valence-electron chi connectivity index (χ0n) is 22.7. The summed E-state index contributed by atoms with van der Waals surface area (Å²) in [6, 6.07) is 19.3. The van der Waals surface area contributed by atoms with Crippen molar-refractivity contribution in [3.8, 4) is 11.5 Å². The number of hydrogen-bond acceptors (Lipinski definition) is 6. The number of amides is 1. The number of Topliss-reactive ketones (excluding diaryl/α,β-unsaturated/α-hetero) is 1. The first-order chi connectivity index (χ1) is 18.9. The minimum atomic E-state index is -0.508. The van der Waals surface area contributed by atoms with Crippen molar-refractivity contribution in [1.29, 1.82) is 0 Å². The molecule has 2 heterocycles. The van der Waals surface area contributed by atoms with Gasteiger partial charge >= 0.3 is 0 Å². The fourth-order valence-corrected chi connectivity index (χ4v) is 5.50. The van der Waals surface area contributed by atoms with Gasteiger partial charge in [0.1, 0.15) is 17.3 Å². The first kappa shape index (κ1) is 26.2. The number of benzene rings is 2. The SMILES string of the molecule is CCOc1ccc(C2C(C(=O)Nc3cc(C)ccn3)=C(C)NC3=C2C(=O)CC(c2ccc(OC)cc2)C3)cc1. The number of ketones is 1. The summed E-state index contributed by atoms with van der Waals surface area (Å²) in [5, 5.41) is 6.39. The third-order valence-corrected chi connectivity index (χ3v) is 7.34. The molecule has 5 rings (SSSR count). The lowest BCUT2D eigenvalue weighted by molar-refractivity contribution is -0.116. The van der Waals surface area contributed by atoms with Crippen LogP contribution in [0.4, 0.5) is 5.82 Å². The number of ether oxygens (including phenoxy) is 2. The lowest BCUT2D eigenvalue weighted by atomic mass is 9.71. The van der Waals surface area contributed by atoms with Crippen molar-refractivity contribution in [1.82, 2.24) is 10.3 Å². The molecule has 39 heavy (non-hydrogen) atoms. The van der Waals surface area contributed by atoms with Gasteiger partial charge in [0.25, 0.3) is 5.91 Å². The summed E-state index contributed by atoms with van der Waals surface area (Å²) in [6.07, 6.45) is 2.71. The lowest BCUT2D eigenvalue weighted by Crippen LogP contribution is -2.37. The van der Waals surface area contributed by atoms with Gasteiger partial charge in [-0.1, -0.05) is 24.3 Å². The number of anilines is 1. The van der Waals surface area contributed by atoms with Crippen molar-refractivity contribution in [3.63, 3.8) is 0 Å². The van der Waals surface area contributed by atoms with Crippen LogP contribution in [0.5, 0.6) is 11.5 Å². The number of methoxy groups -OCH3 is 1. The predicted octanol–water partition coefficient (Wildman–Crippen LogP) is 5.80. The van der Waals surface area contributed by atoms with E-state index in [9.17, 15) is 9.59 Å². The van der Waals surface area contributed by atoms with E-state index in [1.807, 2.05) is 81.4 Å². The van der Waals surface area contributed by atoms with Crippen LogP contribution in [-0.2, 0) is 9.59 Å². The van der Waals surface area contributed by atoms with Crippen LogP contribution in [0, 0.1) is 6.92 Å². The fourth-order valence-electron chi connectivity index (χ4n) is 5.50. The third kappa shape index (κ3) is 5.43. The maximum Gasteiger partial charge on any atom is 0.255 e. The van der Waals surface area contributed by atoms with Gasteiger partial charge < -0.3 is 20.1 Å². The van der Waals surface area contributed by atoms with Gasteiger partial charge in [-0.25, -0.2) is 4.98 Å². The highest BCUT2D eigenvalue weighted by Gasteiger charge is 2.41. The maximum atomic E-state index is 13.9. The Kier molecular flexibility index (Phi) is 7.50. The molecule has 7 heteroatoms. The lowest BCUT2D eigenvalue weighted by Gasteiger charge is -2.37. The van der Waals surface area contributed by atoms with Gasteiger partial charge in [-0.2, -0.15) is 0 Å². The van der Waals surface area contributed by atoms with Gasteiger partial charge in [-0.15, -0.1) is 0 Å². The molecule has 0 saturated carbocycles. The Morgan fingerprint density at radius 2 is 1.69 bits per heavy atom. The topological polar surface area (TPSA) is 89.5 Å². The quantitative estimate of drug-likeness (QED) is 0.407. The molecule has 0 radical (unpaired) electrons. The Labute approximate surface area is 228 Å². The molecule has 2 atom stereocenters. The minimum absolute atomic E-state index is 0.0370. The first-order valence-electron chi connectivity index (χ1n) is 13.2. The van der Waals surface area contributed by atoms with E-state index in [2.05, 4.69) is 15.6 Å². The molecule has 2 N–H and O–H groups in total. The number of hydrogen-bond donors (Lipinski definition) is 2. The summed E-state index contributed by atoms with van der Waals surface area (Å²) in [5.74, 6) is 1.28. The molecule has 0 saturated heterocycles. The second kappa shape index (κ2) is 11.2. The number of dihydropyridines is 1. The van der Waals surface area contributed by atoms with E-state index in [4.69, 9.17) is 9.47 Å². The Balaban J connectivity index is 1.53. The van der Waals surface area contributed by atoms with Crippen LogP contribution in [0.15, 0.2) is 89.4 Å². The van der Waals surface area contributed by atoms with E-state index >= 15 is 0 Å². The van der Waals surface area contributed by atoms with Gasteiger partial charge in [-0.05, 0) is 86.2 Å². The number of rotatable bonds is 7. The van der Waals surface area contributed by atoms with Crippen LogP contribution in [0.25, 0.3) is 0 Å². The molecule has 2 aliphatic rings. The summed E-state index contributed by atoms with van der Waals surface area (Å²) in [5.41, 5.74) is 5.70. The van der Waals surface area contributed by atoms with Crippen LogP contribution in [0.3, 0.4) is 0 Å². The van der Waals surface area contributed by atoms with Gasteiger partial charge in [0.15, 0.2) is 5.78 Å². The van der Waals surface area contributed by atoms with E-state index in [-0.39, 0.29) is 17.6 Å². The first-order valence-corrected chi connectivity index (χ1v) is 13.2. The minimum Gasteiger partial charge on any atom is -0.497 e. The van der Waals surface area contributed by atoms with Crippen molar-refractivity contribution in [3.05, 3.63) is 106 Å². The van der Waals surface area contributed by atoms with E-state index in [1.165, 1.54) is 0 Å². The number of aryl methyl sites for hydroxylation is 1. The number of allylic oxidation sites excluding steroid dienone is 3. The second-order valence-electron chi connectivity index (χ2n) is 9.97. The summed E-state index contributed by atoms with van der Waals surface area (Å²) < 4.78 is 10.9. The summed E-state index contributed by atoms with van der Waals surface area (Å²) >= 11 is 0. The molecule has 1 aliphatic heterocycles. The molecule has 2 unspecified atom stereocenters. The highest BCUT2D eigenvalue weighted by Crippen LogP contribution is 2.46. The number of nitrogens with one attached hydrogen (secondary N) is 2. The summed E-state index contributed by atoms with van der Waals surface area (Å²) in [6.45, 7) is 6.34. The van der Waals surface area contributed by atoms with Crippen molar-refractivity contribution < 1.29 is 19.1 Å². The zero-order valence-corrected chi connectivity index (χ0v) is 22.7. The smallest absolute Gasteiger partial charge is 0.255 e. The van der Waals surface area contributed by atoms with Gasteiger partial charge in [0, 0.05) is 41.1 Å². The molecule has 0 fully saturated rings. The van der Waals surface area contributed by atoms with Crippen molar-refractivity contribution in [2.24, 2.45) is 0 Å². The van der Waals surface area contributed by atoms with Gasteiger partial charge in [0.05, 0.1) is 13.7 Å². The summed E-state index contributed by atoms with van der Waals surface area (Å²) in [4.78, 5) is 31.9. The van der Waals surface area contributed by atoms with Gasteiger partial charge in [0.2, 0.25) is 0 Å². The molecule has 1 aromatic heterocycles. The molecule has 0 bridgehead atoms. The fraction of sp³-hybridized carbons (Fsp3) is 0.281. The van der Waals surface area contributed by atoms with E-state index in [1.54, 1.807) is 13.3 Å². The van der Waals surface area contributed by atoms with E-state index in [0.717, 1.165) is 39.6 Å². The molecule has 0 spiro atoms. The Morgan fingerprint density at radius 1 is 1.00 bits per heavy atom. The standard InChI is InChI=1S/C32H33N3O4/c1-5-39-25-12-8-22(9-13-25)30-29(32(37)35-28-16-19(2)14-15-33-28)20(3)34-26-17-23(18-27(36)31(26)30)21-6-10-24(38-4)11-7-21/h6-16,23,30,34H,5,17-18H2,1-4H3,(H,33,35,37). The van der Waals surface area contributed by atoms with Crippen molar-refractivity contribution >= 4 is 17.5 Å². The molecule has 3 aromatic rings. The van der Waals surface area contributed by atoms with Crippen LogP contribution in [-0.4, -0.2) is 30.4 Å². The molecule has 200 valence electrons. The van der Waals surface area contributed by atoms with Gasteiger partial charge in [-0.3, -0.25) is 9.59 Å². The highest BCUT2D eigenvalue weighted by atomic mass is 16.5.